The Labute approximate surface area is 103 Å². The van der Waals surface area contributed by atoms with Crippen LogP contribution in [-0.4, -0.2) is 29.6 Å². The number of hydrogen-bond donors (Lipinski definition) is 2. The van der Waals surface area contributed by atoms with Crippen LogP contribution < -0.4 is 5.32 Å². The van der Waals surface area contributed by atoms with Crippen LogP contribution in [0.1, 0.15) is 11.8 Å². The van der Waals surface area contributed by atoms with Crippen molar-refractivity contribution < 1.29 is 9.66 Å². The van der Waals surface area contributed by atoms with Gasteiger partial charge in [-0.1, -0.05) is 0 Å². The summed E-state index contributed by atoms with van der Waals surface area (Å²) in [5.74, 6) is 0. The van der Waals surface area contributed by atoms with Crippen LogP contribution in [0.3, 0.4) is 0 Å². The van der Waals surface area contributed by atoms with Crippen molar-refractivity contribution in [3.8, 4) is 0 Å². The molecule has 6 heteroatoms. The van der Waals surface area contributed by atoms with Crippen molar-refractivity contribution in [3.63, 3.8) is 0 Å². The number of benzene rings is 1. The minimum absolute atomic E-state index is 0.00907. The second kappa shape index (κ2) is 4.40. The van der Waals surface area contributed by atoms with Crippen LogP contribution in [0, 0.1) is 10.1 Å². The zero-order valence-corrected chi connectivity index (χ0v) is 9.68. The molecule has 1 atom stereocenters. The number of rotatable bonds is 2. The van der Waals surface area contributed by atoms with Crippen LogP contribution in [0.15, 0.2) is 24.3 Å². The van der Waals surface area contributed by atoms with Gasteiger partial charge in [0.1, 0.15) is 6.10 Å². The van der Waals surface area contributed by atoms with Crippen molar-refractivity contribution in [2.24, 2.45) is 0 Å². The molecule has 1 saturated heterocycles. The van der Waals surface area contributed by atoms with Crippen molar-refractivity contribution in [2.75, 3.05) is 19.7 Å². The number of non-ortho nitro benzene ring substituents is 1. The number of nitrogens with one attached hydrogen (secondary N) is 2. The van der Waals surface area contributed by atoms with Crippen LogP contribution in [0.2, 0.25) is 0 Å². The molecule has 1 aliphatic heterocycles. The molecule has 0 saturated carbocycles. The maximum Gasteiger partial charge on any atom is 0.270 e. The summed E-state index contributed by atoms with van der Waals surface area (Å²) in [7, 11) is 0. The Balaban J connectivity index is 1.97. The summed E-state index contributed by atoms with van der Waals surface area (Å²) in [4.78, 5) is 13.6. The van der Waals surface area contributed by atoms with E-state index < -0.39 is 0 Å². The summed E-state index contributed by atoms with van der Waals surface area (Å²) < 4.78 is 5.64. The van der Waals surface area contributed by atoms with E-state index in [-0.39, 0.29) is 16.7 Å². The van der Waals surface area contributed by atoms with Gasteiger partial charge in [0.2, 0.25) is 0 Å². The number of aromatic nitrogens is 1. The zero-order valence-electron chi connectivity index (χ0n) is 9.68. The van der Waals surface area contributed by atoms with Crippen molar-refractivity contribution in [1.82, 2.24) is 10.3 Å². The third-order valence-electron chi connectivity index (χ3n) is 3.11. The molecular formula is C12H13N3O3. The standard InChI is InChI=1S/C12H13N3O3/c16-15(17)9-1-2-10-8(5-9)6-11(14-10)12-7-13-3-4-18-12/h1-2,5-6,12-14H,3-4,7H2. The van der Waals surface area contributed by atoms with Gasteiger partial charge in [-0.2, -0.15) is 0 Å². The van der Waals surface area contributed by atoms with E-state index in [1.165, 1.54) is 6.07 Å². The van der Waals surface area contributed by atoms with E-state index in [4.69, 9.17) is 4.74 Å². The van der Waals surface area contributed by atoms with Crippen LogP contribution in [0.4, 0.5) is 5.69 Å². The second-order valence-electron chi connectivity index (χ2n) is 4.32. The Hall–Kier alpha value is -1.92. The quantitative estimate of drug-likeness (QED) is 0.625. The summed E-state index contributed by atoms with van der Waals surface area (Å²) in [6, 6.07) is 6.72. The van der Waals surface area contributed by atoms with E-state index in [1.54, 1.807) is 12.1 Å². The predicted octanol–water partition coefficient (Wildman–Crippen LogP) is 1.74. The van der Waals surface area contributed by atoms with Gasteiger partial charge in [-0.05, 0) is 12.1 Å². The fourth-order valence-electron chi connectivity index (χ4n) is 2.19. The summed E-state index contributed by atoms with van der Waals surface area (Å²) >= 11 is 0. The molecule has 0 bridgehead atoms. The average molecular weight is 247 g/mol. The first-order valence-electron chi connectivity index (χ1n) is 5.83. The summed E-state index contributed by atoms with van der Waals surface area (Å²) in [5, 5.41) is 14.8. The molecule has 6 nitrogen and oxygen atoms in total. The van der Waals surface area contributed by atoms with Gasteiger partial charge in [-0.3, -0.25) is 10.1 Å². The molecule has 1 unspecified atom stereocenters. The third-order valence-corrected chi connectivity index (χ3v) is 3.11. The van der Waals surface area contributed by atoms with Crippen LogP contribution in [-0.2, 0) is 4.74 Å². The van der Waals surface area contributed by atoms with E-state index in [1.807, 2.05) is 6.07 Å². The molecule has 2 heterocycles. The van der Waals surface area contributed by atoms with Gasteiger partial charge in [0.15, 0.2) is 0 Å². The first-order valence-corrected chi connectivity index (χ1v) is 5.83. The molecule has 2 aromatic rings. The number of hydrogen-bond acceptors (Lipinski definition) is 4. The second-order valence-corrected chi connectivity index (χ2v) is 4.32. The van der Waals surface area contributed by atoms with Gasteiger partial charge in [0, 0.05) is 41.8 Å². The highest BCUT2D eigenvalue weighted by atomic mass is 16.6. The lowest BCUT2D eigenvalue weighted by Crippen LogP contribution is -2.33. The third kappa shape index (κ3) is 1.96. The number of aromatic amines is 1. The molecule has 3 rings (SSSR count). The SMILES string of the molecule is O=[N+]([O-])c1ccc2[nH]c(C3CNCCO3)cc2c1. The zero-order chi connectivity index (χ0) is 12.5. The molecule has 1 aliphatic rings. The Morgan fingerprint density at radius 2 is 2.28 bits per heavy atom. The van der Waals surface area contributed by atoms with Gasteiger partial charge < -0.3 is 15.0 Å². The highest BCUT2D eigenvalue weighted by molar-refractivity contribution is 5.82. The van der Waals surface area contributed by atoms with E-state index in [9.17, 15) is 10.1 Å². The Morgan fingerprint density at radius 3 is 3.00 bits per heavy atom. The lowest BCUT2D eigenvalue weighted by atomic mass is 10.2. The fourth-order valence-corrected chi connectivity index (χ4v) is 2.19. The van der Waals surface area contributed by atoms with Gasteiger partial charge >= 0.3 is 0 Å². The summed E-state index contributed by atoms with van der Waals surface area (Å²) in [5.41, 5.74) is 1.96. The average Bonchev–Trinajstić information content (AvgIpc) is 2.82. The normalized spacial score (nSPS) is 20.1. The minimum atomic E-state index is -0.384. The Bertz CT molecular complexity index is 587. The molecule has 2 N–H and O–H groups in total. The van der Waals surface area contributed by atoms with Gasteiger partial charge in [-0.15, -0.1) is 0 Å². The van der Waals surface area contributed by atoms with E-state index >= 15 is 0 Å². The van der Waals surface area contributed by atoms with Crippen LogP contribution in [0.5, 0.6) is 0 Å². The topological polar surface area (TPSA) is 80.2 Å². The molecule has 1 aromatic heterocycles. The molecule has 0 spiro atoms. The summed E-state index contributed by atoms with van der Waals surface area (Å²) in [6.07, 6.45) is -0.00907. The van der Waals surface area contributed by atoms with Crippen molar-refractivity contribution in [2.45, 2.75) is 6.10 Å². The van der Waals surface area contributed by atoms with E-state index in [0.29, 0.717) is 6.61 Å². The Morgan fingerprint density at radius 1 is 1.39 bits per heavy atom. The predicted molar refractivity (Wildman–Crippen MR) is 66.5 cm³/mol. The summed E-state index contributed by atoms with van der Waals surface area (Å²) in [6.45, 7) is 2.30. The lowest BCUT2D eigenvalue weighted by Gasteiger charge is -2.22. The molecular weight excluding hydrogens is 234 g/mol. The Kier molecular flexibility index (Phi) is 2.73. The van der Waals surface area contributed by atoms with E-state index in [0.717, 1.165) is 29.7 Å². The first-order chi connectivity index (χ1) is 8.74. The monoisotopic (exact) mass is 247 g/mol. The smallest absolute Gasteiger partial charge is 0.270 e. The van der Waals surface area contributed by atoms with Gasteiger partial charge in [0.05, 0.1) is 11.5 Å². The molecule has 0 amide bonds. The molecule has 0 radical (unpaired) electrons. The largest absolute Gasteiger partial charge is 0.369 e. The number of ether oxygens (including phenoxy) is 1. The number of H-pyrrole nitrogens is 1. The highest BCUT2D eigenvalue weighted by Gasteiger charge is 2.18. The molecule has 18 heavy (non-hydrogen) atoms. The van der Waals surface area contributed by atoms with Crippen LogP contribution >= 0.6 is 0 Å². The molecule has 0 aliphatic carbocycles. The van der Waals surface area contributed by atoms with E-state index in [2.05, 4.69) is 10.3 Å². The minimum Gasteiger partial charge on any atom is -0.369 e. The maximum absolute atomic E-state index is 10.7. The van der Waals surface area contributed by atoms with Gasteiger partial charge in [0.25, 0.3) is 5.69 Å². The number of nitrogens with zero attached hydrogens (tertiary/aromatic N) is 1. The lowest BCUT2D eigenvalue weighted by molar-refractivity contribution is -0.384. The van der Waals surface area contributed by atoms with Crippen molar-refractivity contribution in [1.29, 1.82) is 0 Å². The molecule has 1 fully saturated rings. The molecule has 1 aromatic carbocycles. The maximum atomic E-state index is 10.7. The number of nitro groups is 1. The molecule has 94 valence electrons. The van der Waals surface area contributed by atoms with Crippen molar-refractivity contribution >= 4 is 16.6 Å². The van der Waals surface area contributed by atoms with Crippen molar-refractivity contribution in [3.05, 3.63) is 40.1 Å². The first kappa shape index (κ1) is 11.2. The van der Waals surface area contributed by atoms with Gasteiger partial charge in [-0.25, -0.2) is 0 Å². The number of morpholine rings is 1. The fraction of sp³-hybridized carbons (Fsp3) is 0.333. The highest BCUT2D eigenvalue weighted by Crippen LogP contribution is 2.26. The van der Waals surface area contributed by atoms with Crippen LogP contribution in [0.25, 0.3) is 10.9 Å². The number of nitro benzene ring substituents is 1. The number of fused-ring (bicyclic) bond motifs is 1.